The number of carbonyl (C=O) groups is 1. The first-order valence-corrected chi connectivity index (χ1v) is 10.8. The van der Waals surface area contributed by atoms with Gasteiger partial charge in [-0.3, -0.25) is 0 Å². The molecule has 2 aliphatic heterocycles. The van der Waals surface area contributed by atoms with Crippen LogP contribution in [0, 0.1) is 24.1 Å². The van der Waals surface area contributed by atoms with Crippen LogP contribution in [-0.4, -0.2) is 36.5 Å². The van der Waals surface area contributed by atoms with E-state index >= 15 is 0 Å². The van der Waals surface area contributed by atoms with Crippen LogP contribution in [0.25, 0.3) is 0 Å². The minimum absolute atomic E-state index is 0.158. The highest BCUT2D eigenvalue weighted by Gasteiger charge is 2.50. The Labute approximate surface area is 186 Å². The maximum absolute atomic E-state index is 14.5. The number of nitriles is 1. The lowest BCUT2D eigenvalue weighted by molar-refractivity contribution is -0.168. The van der Waals surface area contributed by atoms with Gasteiger partial charge in [0.05, 0.1) is 30.4 Å². The summed E-state index contributed by atoms with van der Waals surface area (Å²) in [6.07, 6.45) is 4.20. The molecule has 0 spiro atoms. The van der Waals surface area contributed by atoms with Crippen molar-refractivity contribution in [3.8, 4) is 17.6 Å². The number of hydrogen-bond donors (Lipinski definition) is 1. The molecule has 1 N–H and O–H groups in total. The van der Waals surface area contributed by atoms with Crippen molar-refractivity contribution in [3.63, 3.8) is 0 Å². The Morgan fingerprint density at radius 3 is 2.62 bits per heavy atom. The largest absolute Gasteiger partial charge is 0.480 e. The Bertz CT molecular complexity index is 1040. The van der Waals surface area contributed by atoms with E-state index in [4.69, 9.17) is 24.6 Å². The lowest BCUT2D eigenvalue weighted by atomic mass is 9.62. The molecule has 0 atom stereocenters. The van der Waals surface area contributed by atoms with E-state index in [1.54, 1.807) is 24.3 Å². The number of carboxylic acids is 1. The number of halogens is 1. The molecule has 168 valence electrons. The monoisotopic (exact) mass is 439 g/mol. The highest BCUT2D eigenvalue weighted by Crippen LogP contribution is 2.52. The van der Waals surface area contributed by atoms with Crippen molar-refractivity contribution in [2.24, 2.45) is 0 Å². The number of rotatable bonds is 8. The molecule has 2 saturated heterocycles. The average molecular weight is 439 g/mol. The van der Waals surface area contributed by atoms with Gasteiger partial charge in [0.2, 0.25) is 0 Å². The summed E-state index contributed by atoms with van der Waals surface area (Å²) in [7, 11) is 0. The van der Waals surface area contributed by atoms with Crippen molar-refractivity contribution in [3.05, 3.63) is 58.9 Å². The van der Waals surface area contributed by atoms with Crippen LogP contribution in [0.1, 0.15) is 48.8 Å². The minimum Gasteiger partial charge on any atom is -0.480 e. The molecule has 0 radical (unpaired) electrons. The van der Waals surface area contributed by atoms with Crippen molar-refractivity contribution in [2.45, 2.75) is 50.0 Å². The van der Waals surface area contributed by atoms with E-state index < -0.39 is 11.8 Å². The zero-order valence-electron chi connectivity index (χ0n) is 18.0. The number of nitrogens with zero attached hydrogens (tertiary/aromatic N) is 1. The molecule has 32 heavy (non-hydrogen) atoms. The highest BCUT2D eigenvalue weighted by atomic mass is 19.1. The molecule has 0 unspecified atom stereocenters. The average Bonchev–Trinajstić information content (AvgIpc) is 2.79. The standard InChI is InChI=1S/C25H26FNO5/c1-17-12-20(4-2-18(17)14-27)32-22-13-19(3-5-21(22)26)24-6-8-25(9-7-24,31-16-24)10-11-30-15-23(28)29/h2-5,12-13H,6-11,15-16H2,1H3,(H,28,29). The number of aliphatic carboxylic acids is 1. The van der Waals surface area contributed by atoms with Gasteiger partial charge < -0.3 is 19.3 Å². The summed E-state index contributed by atoms with van der Waals surface area (Å²) in [5.74, 6) is -0.769. The number of aryl methyl sites for hydroxylation is 1. The smallest absolute Gasteiger partial charge is 0.329 e. The molecule has 7 heteroatoms. The molecule has 5 rings (SSSR count). The lowest BCUT2D eigenvalue weighted by Gasteiger charge is -2.53. The van der Waals surface area contributed by atoms with Gasteiger partial charge in [-0.25, -0.2) is 9.18 Å². The Morgan fingerprint density at radius 2 is 2.00 bits per heavy atom. The minimum atomic E-state index is -0.972. The Balaban J connectivity index is 1.46. The van der Waals surface area contributed by atoms with E-state index in [1.165, 1.54) is 6.07 Å². The molecule has 6 nitrogen and oxygen atoms in total. The molecular formula is C25H26FNO5. The summed E-state index contributed by atoms with van der Waals surface area (Å²) in [5, 5.41) is 17.8. The van der Waals surface area contributed by atoms with Crippen molar-refractivity contribution in [1.29, 1.82) is 5.26 Å². The van der Waals surface area contributed by atoms with Gasteiger partial charge in [0, 0.05) is 5.41 Å². The molecule has 2 aromatic carbocycles. The summed E-state index contributed by atoms with van der Waals surface area (Å²) in [4.78, 5) is 10.6. The van der Waals surface area contributed by atoms with E-state index in [0.717, 1.165) is 36.8 Å². The third kappa shape index (κ3) is 4.47. The Morgan fingerprint density at radius 1 is 1.22 bits per heavy atom. The fourth-order valence-electron chi connectivity index (χ4n) is 4.74. The first-order valence-electron chi connectivity index (χ1n) is 10.8. The Kier molecular flexibility index (Phi) is 6.18. The van der Waals surface area contributed by atoms with Gasteiger partial charge in [-0.1, -0.05) is 6.07 Å². The lowest BCUT2D eigenvalue weighted by Crippen LogP contribution is -2.53. The fourth-order valence-corrected chi connectivity index (χ4v) is 4.74. The van der Waals surface area contributed by atoms with E-state index in [1.807, 2.05) is 13.0 Å². The number of hydrogen-bond acceptors (Lipinski definition) is 5. The molecule has 3 aliphatic rings. The van der Waals surface area contributed by atoms with E-state index in [0.29, 0.717) is 30.9 Å². The van der Waals surface area contributed by atoms with Crippen LogP contribution in [-0.2, 0) is 19.7 Å². The van der Waals surface area contributed by atoms with Gasteiger partial charge in [-0.2, -0.15) is 5.26 Å². The third-order valence-corrected chi connectivity index (χ3v) is 6.79. The second-order valence-corrected chi connectivity index (χ2v) is 8.78. The van der Waals surface area contributed by atoms with E-state index in [2.05, 4.69) is 6.07 Å². The van der Waals surface area contributed by atoms with Crippen LogP contribution in [0.15, 0.2) is 36.4 Å². The molecule has 2 aromatic rings. The summed E-state index contributed by atoms with van der Waals surface area (Å²) in [5.41, 5.74) is 1.88. The van der Waals surface area contributed by atoms with Crippen LogP contribution >= 0.6 is 0 Å². The molecule has 1 saturated carbocycles. The van der Waals surface area contributed by atoms with Crippen LogP contribution in [0.4, 0.5) is 4.39 Å². The number of fused-ring (bicyclic) bond motifs is 3. The van der Waals surface area contributed by atoms with Crippen LogP contribution in [0.3, 0.4) is 0 Å². The topological polar surface area (TPSA) is 88.8 Å². The second kappa shape index (κ2) is 8.89. The van der Waals surface area contributed by atoms with Crippen LogP contribution in [0.2, 0.25) is 0 Å². The SMILES string of the molecule is Cc1cc(Oc2cc(C34CCC(CCOCC(=O)O)(CC3)OC4)ccc2F)ccc1C#N. The van der Waals surface area contributed by atoms with Crippen molar-refractivity contribution >= 4 is 5.97 Å². The zero-order valence-corrected chi connectivity index (χ0v) is 18.0. The number of benzene rings is 2. The van der Waals surface area contributed by atoms with Crippen LogP contribution in [0.5, 0.6) is 11.5 Å². The molecule has 0 aromatic heterocycles. The summed E-state index contributed by atoms with van der Waals surface area (Å²) >= 11 is 0. The summed E-state index contributed by atoms with van der Waals surface area (Å²) in [6.45, 7) is 2.42. The predicted octanol–water partition coefficient (Wildman–Crippen LogP) is 4.87. The summed E-state index contributed by atoms with van der Waals surface area (Å²) in [6, 6.07) is 12.2. The molecule has 3 fully saturated rings. The van der Waals surface area contributed by atoms with Gasteiger partial charge >= 0.3 is 5.97 Å². The Hall–Kier alpha value is -2.95. The van der Waals surface area contributed by atoms with Gasteiger partial charge in [0.15, 0.2) is 11.6 Å². The van der Waals surface area contributed by atoms with Crippen LogP contribution < -0.4 is 4.74 Å². The first kappa shape index (κ1) is 22.3. The quantitative estimate of drug-likeness (QED) is 0.591. The third-order valence-electron chi connectivity index (χ3n) is 6.79. The summed E-state index contributed by atoms with van der Waals surface area (Å²) < 4.78 is 31.8. The van der Waals surface area contributed by atoms with E-state index in [-0.39, 0.29) is 23.4 Å². The van der Waals surface area contributed by atoms with Crippen molar-refractivity contribution < 1.29 is 28.5 Å². The van der Waals surface area contributed by atoms with Gasteiger partial charge in [0.1, 0.15) is 12.4 Å². The maximum Gasteiger partial charge on any atom is 0.329 e. The molecule has 0 amide bonds. The number of carboxylic acid groups (broad SMARTS) is 1. The number of ether oxygens (including phenoxy) is 3. The maximum atomic E-state index is 14.5. The van der Waals surface area contributed by atoms with Crippen molar-refractivity contribution in [1.82, 2.24) is 0 Å². The molecule has 2 bridgehead atoms. The predicted molar refractivity (Wildman–Crippen MR) is 114 cm³/mol. The normalized spacial score (nSPS) is 24.2. The van der Waals surface area contributed by atoms with Crippen molar-refractivity contribution in [2.75, 3.05) is 19.8 Å². The second-order valence-electron chi connectivity index (χ2n) is 8.78. The van der Waals surface area contributed by atoms with Gasteiger partial charge in [-0.15, -0.1) is 0 Å². The van der Waals surface area contributed by atoms with Gasteiger partial charge in [-0.05, 0) is 80.5 Å². The fraction of sp³-hybridized carbons (Fsp3) is 0.440. The zero-order chi connectivity index (χ0) is 22.8. The molecule has 2 heterocycles. The highest BCUT2D eigenvalue weighted by molar-refractivity contribution is 5.67. The van der Waals surface area contributed by atoms with E-state index in [9.17, 15) is 9.18 Å². The molecular weight excluding hydrogens is 413 g/mol. The van der Waals surface area contributed by atoms with Gasteiger partial charge in [0.25, 0.3) is 0 Å². The first-order chi connectivity index (χ1) is 15.3. The molecule has 1 aliphatic carbocycles.